The maximum Gasteiger partial charge on any atom is 0.224 e. The van der Waals surface area contributed by atoms with E-state index in [0.717, 1.165) is 41.8 Å². The molecule has 23 heavy (non-hydrogen) atoms. The van der Waals surface area contributed by atoms with Gasteiger partial charge < -0.3 is 5.32 Å². The van der Waals surface area contributed by atoms with Crippen molar-refractivity contribution in [2.45, 2.75) is 51.5 Å². The standard InChI is InChI=1S/C18H22FN3O/c1-12-16(13(2)22-21-12)10-17(23)20-18(7-4-8-18)11-14-5-3-6-15(19)9-14/h3,5-6,9H,4,7-8,10-11H2,1-2H3,(H,20,23)(H,21,22). The van der Waals surface area contributed by atoms with Gasteiger partial charge in [0, 0.05) is 16.8 Å². The Morgan fingerprint density at radius 1 is 1.39 bits per heavy atom. The number of hydrogen-bond donors (Lipinski definition) is 2. The number of amides is 1. The van der Waals surface area contributed by atoms with Gasteiger partial charge in [-0.3, -0.25) is 9.89 Å². The Labute approximate surface area is 135 Å². The van der Waals surface area contributed by atoms with E-state index in [0.29, 0.717) is 12.8 Å². The fourth-order valence-corrected chi connectivity index (χ4v) is 3.32. The van der Waals surface area contributed by atoms with E-state index in [1.165, 1.54) is 6.07 Å². The lowest BCUT2D eigenvalue weighted by molar-refractivity contribution is -0.123. The first-order valence-corrected chi connectivity index (χ1v) is 8.03. The molecule has 0 radical (unpaired) electrons. The molecule has 1 amide bonds. The van der Waals surface area contributed by atoms with Crippen LogP contribution in [0.1, 0.15) is 41.8 Å². The predicted molar refractivity (Wildman–Crippen MR) is 86.6 cm³/mol. The molecule has 5 heteroatoms. The van der Waals surface area contributed by atoms with Crippen molar-refractivity contribution in [2.75, 3.05) is 0 Å². The zero-order valence-electron chi connectivity index (χ0n) is 13.6. The first kappa shape index (κ1) is 15.7. The summed E-state index contributed by atoms with van der Waals surface area (Å²) >= 11 is 0. The zero-order valence-corrected chi connectivity index (χ0v) is 13.6. The van der Waals surface area contributed by atoms with E-state index < -0.39 is 0 Å². The van der Waals surface area contributed by atoms with Crippen LogP contribution in [0, 0.1) is 19.7 Å². The van der Waals surface area contributed by atoms with Crippen LogP contribution in [0.5, 0.6) is 0 Å². The summed E-state index contributed by atoms with van der Waals surface area (Å²) in [7, 11) is 0. The number of rotatable bonds is 5. The Morgan fingerprint density at radius 3 is 2.74 bits per heavy atom. The number of nitrogens with zero attached hydrogens (tertiary/aromatic N) is 1. The quantitative estimate of drug-likeness (QED) is 0.891. The Hall–Kier alpha value is -2.17. The van der Waals surface area contributed by atoms with Gasteiger partial charge in [0.05, 0.1) is 12.1 Å². The average Bonchev–Trinajstić information content (AvgIpc) is 2.77. The van der Waals surface area contributed by atoms with Gasteiger partial charge in [0.15, 0.2) is 0 Å². The molecule has 1 aliphatic rings. The van der Waals surface area contributed by atoms with Crippen LogP contribution in [0.2, 0.25) is 0 Å². The van der Waals surface area contributed by atoms with Crippen molar-refractivity contribution in [3.63, 3.8) is 0 Å². The van der Waals surface area contributed by atoms with E-state index in [4.69, 9.17) is 0 Å². The molecule has 0 bridgehead atoms. The molecule has 122 valence electrons. The van der Waals surface area contributed by atoms with Gasteiger partial charge in [0.25, 0.3) is 0 Å². The van der Waals surface area contributed by atoms with Crippen LogP contribution in [0.15, 0.2) is 24.3 Å². The number of benzene rings is 1. The second-order valence-corrected chi connectivity index (χ2v) is 6.58. The monoisotopic (exact) mass is 315 g/mol. The molecule has 1 aromatic heterocycles. The van der Waals surface area contributed by atoms with Gasteiger partial charge >= 0.3 is 0 Å². The molecular formula is C18H22FN3O. The minimum atomic E-state index is -0.229. The summed E-state index contributed by atoms with van der Waals surface area (Å²) in [6, 6.07) is 6.63. The summed E-state index contributed by atoms with van der Waals surface area (Å²) in [5.74, 6) is -0.221. The van der Waals surface area contributed by atoms with Crippen molar-refractivity contribution in [3.05, 3.63) is 52.6 Å². The van der Waals surface area contributed by atoms with Crippen molar-refractivity contribution >= 4 is 5.91 Å². The molecular weight excluding hydrogens is 293 g/mol. The molecule has 2 aromatic rings. The lowest BCUT2D eigenvalue weighted by Crippen LogP contribution is -2.55. The summed E-state index contributed by atoms with van der Waals surface area (Å²) in [6.45, 7) is 3.83. The highest BCUT2D eigenvalue weighted by atomic mass is 19.1. The van der Waals surface area contributed by atoms with Gasteiger partial charge in [0.2, 0.25) is 5.91 Å². The molecule has 1 heterocycles. The minimum Gasteiger partial charge on any atom is -0.350 e. The highest BCUT2D eigenvalue weighted by Crippen LogP contribution is 2.35. The van der Waals surface area contributed by atoms with Gasteiger partial charge in [-0.2, -0.15) is 5.10 Å². The summed E-state index contributed by atoms with van der Waals surface area (Å²) in [5, 5.41) is 10.2. The van der Waals surface area contributed by atoms with Gasteiger partial charge in [-0.15, -0.1) is 0 Å². The van der Waals surface area contributed by atoms with Gasteiger partial charge in [0.1, 0.15) is 5.82 Å². The number of nitrogens with one attached hydrogen (secondary N) is 2. The van der Waals surface area contributed by atoms with Crippen LogP contribution in [0.4, 0.5) is 4.39 Å². The van der Waals surface area contributed by atoms with Gasteiger partial charge in [-0.05, 0) is 57.2 Å². The molecule has 0 atom stereocenters. The topological polar surface area (TPSA) is 57.8 Å². The third-order valence-corrected chi connectivity index (χ3v) is 4.76. The van der Waals surface area contributed by atoms with Gasteiger partial charge in [-0.1, -0.05) is 12.1 Å². The maximum atomic E-state index is 13.4. The van der Waals surface area contributed by atoms with Crippen molar-refractivity contribution < 1.29 is 9.18 Å². The molecule has 3 rings (SSSR count). The van der Waals surface area contributed by atoms with E-state index in [1.807, 2.05) is 19.9 Å². The SMILES string of the molecule is Cc1n[nH]c(C)c1CC(=O)NC1(Cc2cccc(F)c2)CCC1. The number of hydrogen-bond acceptors (Lipinski definition) is 2. The van der Waals surface area contributed by atoms with Gasteiger partial charge in [-0.25, -0.2) is 4.39 Å². The number of aryl methyl sites for hydroxylation is 2. The molecule has 1 saturated carbocycles. The first-order chi connectivity index (χ1) is 11.0. The van der Waals surface area contributed by atoms with E-state index in [9.17, 15) is 9.18 Å². The fraction of sp³-hybridized carbons (Fsp3) is 0.444. The van der Waals surface area contributed by atoms with Crippen LogP contribution in [0.3, 0.4) is 0 Å². The molecule has 1 fully saturated rings. The smallest absolute Gasteiger partial charge is 0.224 e. The maximum absolute atomic E-state index is 13.4. The van der Waals surface area contributed by atoms with E-state index in [1.54, 1.807) is 12.1 Å². The molecule has 4 nitrogen and oxygen atoms in total. The summed E-state index contributed by atoms with van der Waals surface area (Å²) in [6.07, 6.45) is 4.00. The highest BCUT2D eigenvalue weighted by molar-refractivity contribution is 5.80. The third-order valence-electron chi connectivity index (χ3n) is 4.76. The molecule has 0 unspecified atom stereocenters. The minimum absolute atomic E-state index is 0.00806. The zero-order chi connectivity index (χ0) is 16.4. The molecule has 0 saturated heterocycles. The second kappa shape index (κ2) is 6.14. The highest BCUT2D eigenvalue weighted by Gasteiger charge is 2.38. The number of halogens is 1. The molecule has 0 aliphatic heterocycles. The molecule has 2 N–H and O–H groups in total. The second-order valence-electron chi connectivity index (χ2n) is 6.58. The first-order valence-electron chi connectivity index (χ1n) is 8.03. The summed E-state index contributed by atoms with van der Waals surface area (Å²) < 4.78 is 13.4. The number of carbonyl (C=O) groups is 1. The number of aromatic nitrogens is 2. The number of carbonyl (C=O) groups excluding carboxylic acids is 1. The normalized spacial score (nSPS) is 16.0. The van der Waals surface area contributed by atoms with Crippen molar-refractivity contribution in [1.82, 2.24) is 15.5 Å². The molecule has 0 spiro atoms. The lowest BCUT2D eigenvalue weighted by Gasteiger charge is -2.43. The van der Waals surface area contributed by atoms with E-state index >= 15 is 0 Å². The Balaban J connectivity index is 1.68. The average molecular weight is 315 g/mol. The molecule has 1 aromatic carbocycles. The Bertz CT molecular complexity index is 699. The van der Waals surface area contributed by atoms with Crippen molar-refractivity contribution in [2.24, 2.45) is 0 Å². The summed E-state index contributed by atoms with van der Waals surface area (Å²) in [5.41, 5.74) is 3.47. The van der Waals surface area contributed by atoms with Crippen molar-refractivity contribution in [1.29, 1.82) is 0 Å². The Kier molecular flexibility index (Phi) is 4.20. The number of H-pyrrole nitrogens is 1. The van der Waals surface area contributed by atoms with Crippen LogP contribution < -0.4 is 5.32 Å². The van der Waals surface area contributed by atoms with Crippen LogP contribution in [-0.2, 0) is 17.6 Å². The molecule has 1 aliphatic carbocycles. The predicted octanol–water partition coefficient (Wildman–Crippen LogP) is 2.99. The fourth-order valence-electron chi connectivity index (χ4n) is 3.32. The van der Waals surface area contributed by atoms with Crippen LogP contribution in [0.25, 0.3) is 0 Å². The van der Waals surface area contributed by atoms with E-state index in [-0.39, 0.29) is 17.3 Å². The number of aromatic amines is 1. The van der Waals surface area contributed by atoms with Crippen LogP contribution in [-0.4, -0.2) is 21.6 Å². The summed E-state index contributed by atoms with van der Waals surface area (Å²) in [4.78, 5) is 12.5. The Morgan fingerprint density at radius 2 is 2.17 bits per heavy atom. The van der Waals surface area contributed by atoms with Crippen LogP contribution >= 0.6 is 0 Å². The van der Waals surface area contributed by atoms with Crippen molar-refractivity contribution in [3.8, 4) is 0 Å². The third kappa shape index (κ3) is 3.44. The lowest BCUT2D eigenvalue weighted by atomic mass is 9.72. The van der Waals surface area contributed by atoms with E-state index in [2.05, 4.69) is 15.5 Å². The largest absolute Gasteiger partial charge is 0.350 e.